The summed E-state index contributed by atoms with van der Waals surface area (Å²) in [5.41, 5.74) is 5.90. The van der Waals surface area contributed by atoms with E-state index in [-0.39, 0.29) is 23.8 Å². The van der Waals surface area contributed by atoms with Crippen molar-refractivity contribution in [1.82, 2.24) is 0 Å². The quantitative estimate of drug-likeness (QED) is 0.727. The number of amides is 2. The van der Waals surface area contributed by atoms with Gasteiger partial charge in [-0.15, -0.1) is 0 Å². The van der Waals surface area contributed by atoms with Crippen LogP contribution in [0.25, 0.3) is 0 Å². The number of piperidine rings is 1. The minimum atomic E-state index is -0.246. The summed E-state index contributed by atoms with van der Waals surface area (Å²) in [7, 11) is 1.54. The lowest BCUT2D eigenvalue weighted by Gasteiger charge is -2.31. The van der Waals surface area contributed by atoms with E-state index in [1.807, 2.05) is 6.92 Å². The summed E-state index contributed by atoms with van der Waals surface area (Å²) in [4.78, 5) is 24.9. The monoisotopic (exact) mass is 340 g/mol. The van der Waals surface area contributed by atoms with E-state index < -0.39 is 0 Å². The van der Waals surface area contributed by atoms with Crippen LogP contribution in [-0.2, 0) is 9.59 Å². The molecule has 1 atom stereocenters. The number of quaternary nitrogens is 1. The van der Waals surface area contributed by atoms with Crippen LogP contribution in [0.4, 0.5) is 5.69 Å². The maximum atomic E-state index is 12.5. The van der Waals surface area contributed by atoms with Crippen molar-refractivity contribution >= 4 is 29.1 Å². The molecule has 0 aromatic heterocycles. The summed E-state index contributed by atoms with van der Waals surface area (Å²) in [5, 5.41) is 3.40. The molecule has 2 amide bonds. The first-order valence-corrected chi connectivity index (χ1v) is 8.08. The molecule has 23 heavy (non-hydrogen) atoms. The first-order valence-electron chi connectivity index (χ1n) is 7.70. The zero-order valence-corrected chi connectivity index (χ0v) is 14.2. The van der Waals surface area contributed by atoms with E-state index in [1.165, 1.54) is 0 Å². The van der Waals surface area contributed by atoms with Crippen LogP contribution < -0.4 is 20.7 Å². The second-order valence-electron chi connectivity index (χ2n) is 5.89. The molecule has 6 nitrogen and oxygen atoms in total. The minimum Gasteiger partial charge on any atom is -0.495 e. The molecule has 1 aliphatic rings. The fourth-order valence-electron chi connectivity index (χ4n) is 2.91. The Balaban J connectivity index is 1.98. The molecule has 7 heteroatoms. The van der Waals surface area contributed by atoms with E-state index in [4.69, 9.17) is 22.1 Å². The van der Waals surface area contributed by atoms with Crippen molar-refractivity contribution in [2.45, 2.75) is 25.8 Å². The van der Waals surface area contributed by atoms with E-state index in [2.05, 4.69) is 5.32 Å². The lowest BCUT2D eigenvalue weighted by Crippen LogP contribution is -3.17. The normalized spacial score (nSPS) is 22.2. The molecule has 1 heterocycles. The van der Waals surface area contributed by atoms with Crippen LogP contribution >= 0.6 is 11.6 Å². The van der Waals surface area contributed by atoms with Gasteiger partial charge in [-0.25, -0.2) is 0 Å². The lowest BCUT2D eigenvalue weighted by molar-refractivity contribution is -0.919. The number of primary amides is 1. The maximum Gasteiger partial charge on any atom is 0.282 e. The number of likely N-dealkylation sites (tertiary alicyclic amines) is 1. The Labute approximate surface area is 140 Å². The van der Waals surface area contributed by atoms with Gasteiger partial charge >= 0.3 is 0 Å². The number of nitrogens with one attached hydrogen (secondary N) is 2. The van der Waals surface area contributed by atoms with Crippen LogP contribution in [0, 0.1) is 5.92 Å². The molecule has 0 aliphatic carbocycles. The molecular formula is C16H23ClN3O3+. The molecule has 0 saturated carbocycles. The average Bonchev–Trinajstić information content (AvgIpc) is 2.54. The Morgan fingerprint density at radius 2 is 2.04 bits per heavy atom. The van der Waals surface area contributed by atoms with E-state index in [0.29, 0.717) is 16.5 Å². The highest BCUT2D eigenvalue weighted by Crippen LogP contribution is 2.27. The fraction of sp³-hybridized carbons (Fsp3) is 0.500. The summed E-state index contributed by atoms with van der Waals surface area (Å²) in [6.07, 6.45) is 1.45. The van der Waals surface area contributed by atoms with Gasteiger partial charge in [-0.05, 0) is 25.1 Å². The Kier molecular flexibility index (Phi) is 5.85. The SMILES string of the molecule is COc1ccc(Cl)cc1NC(=O)[C@H](C)[NH+]1CCC(C(N)=O)CC1. The molecule has 1 fully saturated rings. The van der Waals surface area contributed by atoms with Crippen molar-refractivity contribution < 1.29 is 19.2 Å². The second-order valence-corrected chi connectivity index (χ2v) is 6.33. The highest BCUT2D eigenvalue weighted by atomic mass is 35.5. The minimum absolute atomic E-state index is 0.0676. The number of methoxy groups -OCH3 is 1. The van der Waals surface area contributed by atoms with Crippen molar-refractivity contribution in [1.29, 1.82) is 0 Å². The van der Waals surface area contributed by atoms with Gasteiger partial charge < -0.3 is 20.7 Å². The number of hydrogen-bond acceptors (Lipinski definition) is 3. The van der Waals surface area contributed by atoms with Crippen molar-refractivity contribution in [3.63, 3.8) is 0 Å². The summed E-state index contributed by atoms with van der Waals surface area (Å²) >= 11 is 5.98. The molecule has 4 N–H and O–H groups in total. The van der Waals surface area contributed by atoms with Crippen molar-refractivity contribution in [3.05, 3.63) is 23.2 Å². The van der Waals surface area contributed by atoms with Crippen molar-refractivity contribution in [2.75, 3.05) is 25.5 Å². The van der Waals surface area contributed by atoms with Gasteiger partial charge in [0.25, 0.3) is 5.91 Å². The molecule has 0 unspecified atom stereocenters. The summed E-state index contributed by atoms with van der Waals surface area (Å²) in [6.45, 7) is 3.40. The molecule has 2 rings (SSSR count). The molecular weight excluding hydrogens is 318 g/mol. The van der Waals surface area contributed by atoms with Crippen molar-refractivity contribution in [2.24, 2.45) is 11.7 Å². The Hall–Kier alpha value is -1.79. The van der Waals surface area contributed by atoms with Crippen LogP contribution in [0.15, 0.2) is 18.2 Å². The maximum absolute atomic E-state index is 12.5. The Morgan fingerprint density at radius 3 is 2.61 bits per heavy atom. The zero-order chi connectivity index (χ0) is 17.0. The average molecular weight is 341 g/mol. The fourth-order valence-corrected chi connectivity index (χ4v) is 3.08. The number of benzene rings is 1. The summed E-state index contributed by atoms with van der Waals surface area (Å²) in [6, 6.07) is 4.86. The number of anilines is 1. The van der Waals surface area contributed by atoms with Crippen LogP contribution in [0.2, 0.25) is 5.02 Å². The first kappa shape index (κ1) is 17.6. The predicted molar refractivity (Wildman–Crippen MR) is 88.7 cm³/mol. The third-order valence-corrected chi connectivity index (χ3v) is 4.69. The predicted octanol–water partition coefficient (Wildman–Crippen LogP) is 0.456. The van der Waals surface area contributed by atoms with Gasteiger partial charge in [0.2, 0.25) is 5.91 Å². The second kappa shape index (κ2) is 7.66. The van der Waals surface area contributed by atoms with Crippen LogP contribution in [0.1, 0.15) is 19.8 Å². The zero-order valence-electron chi connectivity index (χ0n) is 13.4. The van der Waals surface area contributed by atoms with Crippen LogP contribution in [-0.4, -0.2) is 38.1 Å². The molecule has 126 valence electrons. The lowest BCUT2D eigenvalue weighted by atomic mass is 9.95. The highest BCUT2D eigenvalue weighted by molar-refractivity contribution is 6.31. The van der Waals surface area contributed by atoms with Crippen LogP contribution in [0.3, 0.4) is 0 Å². The topological polar surface area (TPSA) is 85.9 Å². The van der Waals surface area contributed by atoms with Gasteiger partial charge in [-0.1, -0.05) is 11.6 Å². The smallest absolute Gasteiger partial charge is 0.282 e. The van der Waals surface area contributed by atoms with Gasteiger partial charge in [0, 0.05) is 23.8 Å². The van der Waals surface area contributed by atoms with Gasteiger partial charge in [0.1, 0.15) is 5.75 Å². The molecule has 1 aromatic rings. The van der Waals surface area contributed by atoms with Gasteiger partial charge in [0.05, 0.1) is 25.9 Å². The molecule has 0 radical (unpaired) electrons. The number of carbonyl (C=O) groups is 2. The molecule has 0 bridgehead atoms. The largest absolute Gasteiger partial charge is 0.495 e. The third-order valence-electron chi connectivity index (χ3n) is 4.46. The third kappa shape index (κ3) is 4.36. The van der Waals surface area contributed by atoms with Gasteiger partial charge in [0.15, 0.2) is 6.04 Å². The Morgan fingerprint density at radius 1 is 1.39 bits per heavy atom. The van der Waals surface area contributed by atoms with E-state index >= 15 is 0 Å². The number of halogens is 1. The molecule has 1 aliphatic heterocycles. The molecule has 1 saturated heterocycles. The standard InChI is InChI=1S/C16H22ClN3O3/c1-10(20-7-5-11(6-8-20)15(18)21)16(22)19-13-9-12(17)3-4-14(13)23-2/h3-4,9-11H,5-8H2,1-2H3,(H2,18,21)(H,19,22)/p+1/t10-/m0/s1. The van der Waals surface area contributed by atoms with E-state index in [0.717, 1.165) is 30.8 Å². The number of rotatable bonds is 5. The van der Waals surface area contributed by atoms with Gasteiger partial charge in [-0.3, -0.25) is 9.59 Å². The van der Waals surface area contributed by atoms with Crippen molar-refractivity contribution in [3.8, 4) is 5.75 Å². The highest BCUT2D eigenvalue weighted by Gasteiger charge is 2.32. The molecule has 1 aromatic carbocycles. The number of nitrogens with two attached hydrogens (primary N) is 1. The summed E-state index contributed by atoms with van der Waals surface area (Å²) < 4.78 is 5.24. The van der Waals surface area contributed by atoms with Gasteiger partial charge in [-0.2, -0.15) is 0 Å². The van der Waals surface area contributed by atoms with E-state index in [1.54, 1.807) is 25.3 Å². The number of carbonyl (C=O) groups excluding carboxylic acids is 2. The van der Waals surface area contributed by atoms with Crippen LogP contribution in [0.5, 0.6) is 5.75 Å². The Bertz CT molecular complexity index is 586. The number of ether oxygens (including phenoxy) is 1. The molecule has 0 spiro atoms. The number of hydrogen-bond donors (Lipinski definition) is 3. The first-order chi connectivity index (χ1) is 10.9. The summed E-state index contributed by atoms with van der Waals surface area (Å²) in [5.74, 6) is 0.155. The van der Waals surface area contributed by atoms with E-state index in [9.17, 15) is 9.59 Å².